The average Bonchev–Trinajstić information content (AvgIpc) is 2.37. The van der Waals surface area contributed by atoms with Gasteiger partial charge in [0, 0.05) is 18.1 Å². The smallest absolute Gasteiger partial charge is 0.306 e. The summed E-state index contributed by atoms with van der Waals surface area (Å²) in [6, 6.07) is 0. The van der Waals surface area contributed by atoms with E-state index in [1.54, 1.807) is 4.57 Å². The Hall–Kier alpha value is -0.220. The van der Waals surface area contributed by atoms with E-state index in [0.717, 1.165) is 12.3 Å². The molecule has 0 fully saturated rings. The van der Waals surface area contributed by atoms with Gasteiger partial charge in [0.1, 0.15) is 0 Å². The standard InChI is InChI=1S/C7H11NOS2/c1-6(5-10)4-8-2-3-11-7(8)9/h2-3,6,10H,4-5H2,1H3. The molecule has 0 aliphatic heterocycles. The van der Waals surface area contributed by atoms with Crippen LogP contribution in [0.15, 0.2) is 16.4 Å². The molecule has 62 valence electrons. The molecule has 2 nitrogen and oxygen atoms in total. The monoisotopic (exact) mass is 189 g/mol. The molecule has 11 heavy (non-hydrogen) atoms. The van der Waals surface area contributed by atoms with Crippen molar-refractivity contribution in [2.45, 2.75) is 13.5 Å². The number of rotatable bonds is 3. The van der Waals surface area contributed by atoms with Crippen molar-refractivity contribution in [3.05, 3.63) is 21.2 Å². The fourth-order valence-electron chi connectivity index (χ4n) is 0.820. The Kier molecular flexibility index (Phi) is 3.20. The molecule has 0 aromatic carbocycles. The van der Waals surface area contributed by atoms with E-state index in [4.69, 9.17) is 0 Å². The molecule has 1 aromatic heterocycles. The van der Waals surface area contributed by atoms with Crippen LogP contribution in [0.3, 0.4) is 0 Å². The molecule has 0 amide bonds. The molecular weight excluding hydrogens is 178 g/mol. The molecule has 0 radical (unpaired) electrons. The van der Waals surface area contributed by atoms with Gasteiger partial charge in [0.05, 0.1) is 0 Å². The predicted octanol–water partition coefficient (Wildman–Crippen LogP) is 1.48. The van der Waals surface area contributed by atoms with E-state index in [2.05, 4.69) is 19.6 Å². The maximum absolute atomic E-state index is 11.0. The van der Waals surface area contributed by atoms with Gasteiger partial charge in [-0.15, -0.1) is 0 Å². The summed E-state index contributed by atoms with van der Waals surface area (Å²) in [5.74, 6) is 1.29. The fraction of sp³-hybridized carbons (Fsp3) is 0.571. The van der Waals surface area contributed by atoms with Crippen molar-refractivity contribution in [2.24, 2.45) is 5.92 Å². The third-order valence-corrected chi connectivity index (χ3v) is 2.78. The van der Waals surface area contributed by atoms with Gasteiger partial charge in [-0.3, -0.25) is 4.79 Å². The first-order chi connectivity index (χ1) is 5.24. The molecule has 0 saturated carbocycles. The third kappa shape index (κ3) is 2.38. The Morgan fingerprint density at radius 3 is 3.00 bits per heavy atom. The maximum Gasteiger partial charge on any atom is 0.307 e. The predicted molar refractivity (Wildman–Crippen MR) is 51.6 cm³/mol. The number of aromatic nitrogens is 1. The van der Waals surface area contributed by atoms with Gasteiger partial charge < -0.3 is 4.57 Å². The van der Waals surface area contributed by atoms with Gasteiger partial charge in [0.25, 0.3) is 0 Å². The summed E-state index contributed by atoms with van der Waals surface area (Å²) in [6.45, 7) is 2.86. The first-order valence-corrected chi connectivity index (χ1v) is 5.00. The second-order valence-corrected chi connectivity index (χ2v) is 3.83. The van der Waals surface area contributed by atoms with Crippen molar-refractivity contribution in [3.8, 4) is 0 Å². The topological polar surface area (TPSA) is 22.0 Å². The number of thiol groups is 1. The number of hydrogen-bond donors (Lipinski definition) is 1. The Morgan fingerprint density at radius 1 is 1.82 bits per heavy atom. The molecule has 0 bridgehead atoms. The van der Waals surface area contributed by atoms with Crippen LogP contribution < -0.4 is 4.87 Å². The number of thiazole rings is 1. The first kappa shape index (κ1) is 8.87. The summed E-state index contributed by atoms with van der Waals surface area (Å²) in [4.78, 5) is 11.2. The lowest BCUT2D eigenvalue weighted by Crippen LogP contribution is -2.17. The van der Waals surface area contributed by atoms with E-state index in [1.807, 2.05) is 11.6 Å². The lowest BCUT2D eigenvalue weighted by Gasteiger charge is -2.06. The fourth-order valence-corrected chi connectivity index (χ4v) is 1.53. The molecule has 1 rings (SSSR count). The van der Waals surface area contributed by atoms with Crippen LogP contribution in [0.1, 0.15) is 6.92 Å². The zero-order valence-corrected chi connectivity index (χ0v) is 8.07. The van der Waals surface area contributed by atoms with Crippen LogP contribution in [0.4, 0.5) is 0 Å². The summed E-state index contributed by atoms with van der Waals surface area (Å²) in [5.41, 5.74) is 0. The van der Waals surface area contributed by atoms with Gasteiger partial charge in [0.2, 0.25) is 0 Å². The Balaban J connectivity index is 2.64. The minimum atomic E-state index is 0.124. The van der Waals surface area contributed by atoms with Crippen LogP contribution in [-0.4, -0.2) is 10.3 Å². The van der Waals surface area contributed by atoms with Crippen LogP contribution in [0.25, 0.3) is 0 Å². The zero-order chi connectivity index (χ0) is 8.27. The van der Waals surface area contributed by atoms with Crippen molar-refractivity contribution in [2.75, 3.05) is 5.75 Å². The summed E-state index contributed by atoms with van der Waals surface area (Å²) < 4.78 is 1.73. The van der Waals surface area contributed by atoms with Gasteiger partial charge in [-0.05, 0) is 11.7 Å². The molecule has 1 atom stereocenters. The summed E-state index contributed by atoms with van der Waals surface area (Å²) in [6.07, 6.45) is 1.83. The average molecular weight is 189 g/mol. The quantitative estimate of drug-likeness (QED) is 0.715. The van der Waals surface area contributed by atoms with Crippen LogP contribution in [0.2, 0.25) is 0 Å². The summed E-state index contributed by atoms with van der Waals surface area (Å²) >= 11 is 5.39. The summed E-state index contributed by atoms with van der Waals surface area (Å²) in [5, 5.41) is 1.81. The van der Waals surface area contributed by atoms with Gasteiger partial charge >= 0.3 is 4.87 Å². The molecule has 0 aliphatic rings. The van der Waals surface area contributed by atoms with Crippen LogP contribution >= 0.6 is 24.0 Å². The lowest BCUT2D eigenvalue weighted by atomic mass is 10.2. The van der Waals surface area contributed by atoms with Gasteiger partial charge in [0.15, 0.2) is 0 Å². The van der Waals surface area contributed by atoms with Gasteiger partial charge in [-0.1, -0.05) is 18.3 Å². The van der Waals surface area contributed by atoms with Crippen molar-refractivity contribution < 1.29 is 0 Å². The molecular formula is C7H11NOS2. The highest BCUT2D eigenvalue weighted by Gasteiger charge is 2.01. The molecule has 1 heterocycles. The molecule has 0 spiro atoms. The van der Waals surface area contributed by atoms with Crippen molar-refractivity contribution in [1.82, 2.24) is 4.57 Å². The summed E-state index contributed by atoms with van der Waals surface area (Å²) in [7, 11) is 0. The van der Waals surface area contributed by atoms with E-state index in [1.165, 1.54) is 11.3 Å². The Bertz CT molecular complexity index is 265. The maximum atomic E-state index is 11.0. The highest BCUT2D eigenvalue weighted by molar-refractivity contribution is 7.80. The van der Waals surface area contributed by atoms with E-state index < -0.39 is 0 Å². The number of nitrogens with zero attached hydrogens (tertiary/aromatic N) is 1. The van der Waals surface area contributed by atoms with Crippen LogP contribution in [-0.2, 0) is 6.54 Å². The minimum absolute atomic E-state index is 0.124. The van der Waals surface area contributed by atoms with E-state index in [0.29, 0.717) is 5.92 Å². The molecule has 4 heteroatoms. The SMILES string of the molecule is CC(CS)Cn1ccsc1=O. The molecule has 1 unspecified atom stereocenters. The second-order valence-electron chi connectivity index (χ2n) is 2.61. The number of hydrogen-bond acceptors (Lipinski definition) is 3. The van der Waals surface area contributed by atoms with Crippen molar-refractivity contribution in [1.29, 1.82) is 0 Å². The van der Waals surface area contributed by atoms with E-state index in [-0.39, 0.29) is 4.87 Å². The molecule has 1 aromatic rings. The lowest BCUT2D eigenvalue weighted by molar-refractivity contribution is 0.526. The first-order valence-electron chi connectivity index (χ1n) is 3.49. The Labute approximate surface area is 75.3 Å². The van der Waals surface area contributed by atoms with Crippen LogP contribution in [0, 0.1) is 5.92 Å². The van der Waals surface area contributed by atoms with Crippen molar-refractivity contribution in [3.63, 3.8) is 0 Å². The minimum Gasteiger partial charge on any atom is -0.306 e. The van der Waals surface area contributed by atoms with Crippen molar-refractivity contribution >= 4 is 24.0 Å². The highest BCUT2D eigenvalue weighted by Crippen LogP contribution is 2.01. The molecule has 0 N–H and O–H groups in total. The van der Waals surface area contributed by atoms with Gasteiger partial charge in [-0.2, -0.15) is 12.6 Å². The van der Waals surface area contributed by atoms with Gasteiger partial charge in [-0.25, -0.2) is 0 Å². The zero-order valence-electron chi connectivity index (χ0n) is 6.36. The third-order valence-electron chi connectivity index (χ3n) is 1.46. The van der Waals surface area contributed by atoms with Crippen LogP contribution in [0.5, 0.6) is 0 Å². The highest BCUT2D eigenvalue weighted by atomic mass is 32.1. The second kappa shape index (κ2) is 3.97. The largest absolute Gasteiger partial charge is 0.307 e. The van der Waals surface area contributed by atoms with E-state index in [9.17, 15) is 4.79 Å². The molecule has 0 aliphatic carbocycles. The Morgan fingerprint density at radius 2 is 2.55 bits per heavy atom. The normalized spacial score (nSPS) is 13.3. The molecule has 0 saturated heterocycles. The van der Waals surface area contributed by atoms with E-state index >= 15 is 0 Å².